The molecule has 2 aliphatic carbocycles. The van der Waals surface area contributed by atoms with Crippen LogP contribution in [-0.4, -0.2) is 43.3 Å². The largest absolute Gasteiger partial charge is 0.433 e. The van der Waals surface area contributed by atoms with E-state index >= 15 is 0 Å². The number of fused-ring (bicyclic) bond motifs is 3. The Bertz CT molecular complexity index is 1420. The minimum Gasteiger partial charge on any atom is -0.392 e. The molecule has 3 aromatic rings. The maximum Gasteiger partial charge on any atom is 0.433 e. The van der Waals surface area contributed by atoms with Gasteiger partial charge in [-0.1, -0.05) is 6.07 Å². The van der Waals surface area contributed by atoms with Crippen molar-refractivity contribution in [3.05, 3.63) is 70.0 Å². The third kappa shape index (κ3) is 3.28. The molecule has 3 atom stereocenters. The molecule has 11 heteroatoms. The summed E-state index contributed by atoms with van der Waals surface area (Å²) in [6, 6.07) is 5.17. The van der Waals surface area contributed by atoms with Crippen molar-refractivity contribution < 1.29 is 31.9 Å². The molecular weight excluding hydrogens is 483 g/mol. The number of hydrogen-bond acceptors (Lipinski definition) is 4. The third-order valence-corrected chi connectivity index (χ3v) is 7.73. The first kappa shape index (κ1) is 23.1. The Balaban J connectivity index is 1.48. The molecule has 6 rings (SSSR count). The SMILES string of the molecule is CC(=O)N1CCc2c(c(-c3cccc(C(F)(F)F)n3)nn2C2C[C@@]23c2cc(F)cc(F)c2C[C@H]3O)C1. The Morgan fingerprint density at radius 3 is 2.69 bits per heavy atom. The van der Waals surface area contributed by atoms with E-state index < -0.39 is 41.1 Å². The number of pyridine rings is 1. The molecule has 1 N–H and O–H groups in total. The summed E-state index contributed by atoms with van der Waals surface area (Å²) in [6.45, 7) is 1.97. The standard InChI is InChI=1S/C25H21F5N4O2/c1-12(35)33-6-5-19-15(11-33)23(18-3-2-4-20(31-18)25(28,29)30)32-34(19)21-10-24(21)16-7-13(26)8-17(27)14(16)9-22(24)36/h2-4,7-8,21-22,36H,5-6,9-11H2,1H3/t21?,22-,24-/m1/s1. The van der Waals surface area contributed by atoms with E-state index in [1.165, 1.54) is 25.1 Å². The molecule has 0 bridgehead atoms. The van der Waals surface area contributed by atoms with Crippen LogP contribution in [0.15, 0.2) is 30.3 Å². The van der Waals surface area contributed by atoms with Gasteiger partial charge in [0.15, 0.2) is 0 Å². The normalized spacial score (nSPS) is 24.7. The highest BCUT2D eigenvalue weighted by molar-refractivity contribution is 5.74. The van der Waals surface area contributed by atoms with Crippen molar-refractivity contribution in [2.45, 2.75) is 56.5 Å². The number of amides is 1. The van der Waals surface area contributed by atoms with Gasteiger partial charge in [-0.15, -0.1) is 0 Å². The van der Waals surface area contributed by atoms with Crippen molar-refractivity contribution in [3.8, 4) is 11.4 Å². The van der Waals surface area contributed by atoms with Gasteiger partial charge in [0.1, 0.15) is 23.0 Å². The Morgan fingerprint density at radius 2 is 1.97 bits per heavy atom. The molecule has 3 aliphatic rings. The highest BCUT2D eigenvalue weighted by Gasteiger charge is 2.66. The number of aromatic nitrogens is 3. The molecular formula is C25H21F5N4O2. The Labute approximate surface area is 202 Å². The zero-order chi connectivity index (χ0) is 25.6. The van der Waals surface area contributed by atoms with Gasteiger partial charge in [-0.3, -0.25) is 9.48 Å². The van der Waals surface area contributed by atoms with E-state index in [1.807, 2.05) is 0 Å². The maximum absolute atomic E-state index is 14.5. The van der Waals surface area contributed by atoms with E-state index in [0.717, 1.165) is 17.8 Å². The molecule has 188 valence electrons. The van der Waals surface area contributed by atoms with E-state index in [4.69, 9.17) is 0 Å². The molecule has 2 aromatic heterocycles. The van der Waals surface area contributed by atoms with E-state index in [1.54, 1.807) is 9.58 Å². The number of alkyl halides is 3. The van der Waals surface area contributed by atoms with Crippen LogP contribution in [0.3, 0.4) is 0 Å². The summed E-state index contributed by atoms with van der Waals surface area (Å²) < 4.78 is 70.3. The van der Waals surface area contributed by atoms with E-state index in [0.29, 0.717) is 30.5 Å². The quantitative estimate of drug-likeness (QED) is 0.537. The second-order valence-electron chi connectivity index (χ2n) is 9.71. The van der Waals surface area contributed by atoms with Gasteiger partial charge in [-0.05, 0) is 35.7 Å². The van der Waals surface area contributed by atoms with Crippen LogP contribution in [0.4, 0.5) is 22.0 Å². The lowest BCUT2D eigenvalue weighted by Gasteiger charge is -2.27. The van der Waals surface area contributed by atoms with Crippen molar-refractivity contribution >= 4 is 5.91 Å². The van der Waals surface area contributed by atoms with Crippen molar-refractivity contribution in [3.63, 3.8) is 0 Å². The zero-order valence-corrected chi connectivity index (χ0v) is 19.1. The smallest absolute Gasteiger partial charge is 0.392 e. The van der Waals surface area contributed by atoms with Crippen LogP contribution in [0.25, 0.3) is 11.4 Å². The van der Waals surface area contributed by atoms with Gasteiger partial charge in [0.05, 0.1) is 17.8 Å². The van der Waals surface area contributed by atoms with Crippen molar-refractivity contribution in [1.29, 1.82) is 0 Å². The fourth-order valence-corrected chi connectivity index (χ4v) is 5.90. The second-order valence-corrected chi connectivity index (χ2v) is 9.71. The summed E-state index contributed by atoms with van der Waals surface area (Å²) in [5, 5.41) is 15.6. The Hall–Kier alpha value is -3.34. The minimum absolute atomic E-state index is 0.0180. The average Bonchev–Trinajstić information content (AvgIpc) is 3.36. The highest BCUT2D eigenvalue weighted by atomic mass is 19.4. The molecule has 36 heavy (non-hydrogen) atoms. The number of benzene rings is 1. The number of carbonyl (C=O) groups is 1. The molecule has 1 fully saturated rings. The number of aliphatic hydroxyl groups excluding tert-OH is 1. The molecule has 0 saturated heterocycles. The topological polar surface area (TPSA) is 71.2 Å². The van der Waals surface area contributed by atoms with Gasteiger partial charge in [0.2, 0.25) is 5.91 Å². The van der Waals surface area contributed by atoms with Crippen LogP contribution in [-0.2, 0) is 35.8 Å². The first-order chi connectivity index (χ1) is 17.0. The number of nitrogens with zero attached hydrogens (tertiary/aromatic N) is 4. The molecule has 0 radical (unpaired) electrons. The van der Waals surface area contributed by atoms with Gasteiger partial charge in [0.25, 0.3) is 0 Å². The first-order valence-corrected chi connectivity index (χ1v) is 11.6. The van der Waals surface area contributed by atoms with Crippen molar-refractivity contribution in [2.75, 3.05) is 6.54 Å². The monoisotopic (exact) mass is 504 g/mol. The molecule has 6 nitrogen and oxygen atoms in total. The summed E-state index contributed by atoms with van der Waals surface area (Å²) in [6.07, 6.45) is -4.78. The van der Waals surface area contributed by atoms with Crippen molar-refractivity contribution in [1.82, 2.24) is 19.7 Å². The van der Waals surface area contributed by atoms with Crippen LogP contribution < -0.4 is 0 Å². The molecule has 1 spiro atoms. The molecule has 3 heterocycles. The summed E-state index contributed by atoms with van der Waals surface area (Å²) in [7, 11) is 0. The van der Waals surface area contributed by atoms with Crippen LogP contribution in [0, 0.1) is 11.6 Å². The van der Waals surface area contributed by atoms with Gasteiger partial charge in [-0.25, -0.2) is 13.8 Å². The third-order valence-electron chi connectivity index (χ3n) is 7.73. The number of aliphatic hydroxyl groups is 1. The van der Waals surface area contributed by atoms with Crippen LogP contribution in [0.5, 0.6) is 0 Å². The van der Waals surface area contributed by atoms with Gasteiger partial charge in [-0.2, -0.15) is 18.3 Å². The molecule has 1 unspecified atom stereocenters. The average molecular weight is 504 g/mol. The van der Waals surface area contributed by atoms with Crippen LogP contribution in [0.2, 0.25) is 0 Å². The number of halogens is 5. The van der Waals surface area contributed by atoms with Crippen LogP contribution >= 0.6 is 0 Å². The fourth-order valence-electron chi connectivity index (χ4n) is 5.90. The summed E-state index contributed by atoms with van der Waals surface area (Å²) in [5.41, 5.74) is 0.234. The van der Waals surface area contributed by atoms with Gasteiger partial charge in [0, 0.05) is 55.6 Å². The van der Waals surface area contributed by atoms with Crippen molar-refractivity contribution in [2.24, 2.45) is 0 Å². The lowest BCUT2D eigenvalue weighted by molar-refractivity contribution is -0.141. The minimum atomic E-state index is -4.64. The summed E-state index contributed by atoms with van der Waals surface area (Å²) in [5.74, 6) is -1.62. The predicted molar refractivity (Wildman–Crippen MR) is 117 cm³/mol. The Kier molecular flexibility index (Phi) is 4.86. The number of rotatable bonds is 2. The number of hydrogen-bond donors (Lipinski definition) is 1. The zero-order valence-electron chi connectivity index (χ0n) is 19.1. The van der Waals surface area contributed by atoms with Crippen LogP contribution in [0.1, 0.15) is 47.5 Å². The van der Waals surface area contributed by atoms with E-state index in [2.05, 4.69) is 10.1 Å². The summed E-state index contributed by atoms with van der Waals surface area (Å²) in [4.78, 5) is 17.5. The number of carbonyl (C=O) groups excluding carboxylic acids is 1. The molecule has 1 saturated carbocycles. The van der Waals surface area contributed by atoms with E-state index in [-0.39, 0.29) is 35.8 Å². The lowest BCUT2D eigenvalue weighted by atomic mass is 9.95. The van der Waals surface area contributed by atoms with Gasteiger partial charge < -0.3 is 10.0 Å². The Morgan fingerprint density at radius 1 is 1.19 bits per heavy atom. The molecule has 1 aromatic carbocycles. The predicted octanol–water partition coefficient (Wildman–Crippen LogP) is 3.95. The summed E-state index contributed by atoms with van der Waals surface area (Å²) >= 11 is 0. The lowest BCUT2D eigenvalue weighted by Crippen LogP contribution is -2.35. The fraction of sp³-hybridized carbons (Fsp3) is 0.400. The first-order valence-electron chi connectivity index (χ1n) is 11.6. The molecule has 1 amide bonds. The van der Waals surface area contributed by atoms with E-state index in [9.17, 15) is 31.9 Å². The highest BCUT2D eigenvalue weighted by Crippen LogP contribution is 2.65. The van der Waals surface area contributed by atoms with Gasteiger partial charge >= 0.3 is 6.18 Å². The molecule has 1 aliphatic heterocycles. The maximum atomic E-state index is 14.5. The second kappa shape index (κ2) is 7.58.